The fourth-order valence-electron chi connectivity index (χ4n) is 2.27. The average Bonchev–Trinajstić information content (AvgIpc) is 2.69. The normalized spacial score (nSPS) is 20.1. The molecule has 1 amide bonds. The molecular weight excluding hydrogens is 240 g/mol. The summed E-state index contributed by atoms with van der Waals surface area (Å²) in [6, 6.07) is 0.294. The number of hydrogen-bond acceptors (Lipinski definition) is 3. The molecule has 1 saturated heterocycles. The molecule has 0 aliphatic carbocycles. The van der Waals surface area contributed by atoms with Crippen LogP contribution in [0.25, 0.3) is 0 Å². The number of carbonyl (C=O) groups is 1. The molecule has 1 rings (SSSR count). The minimum absolute atomic E-state index is 0.166. The van der Waals surface area contributed by atoms with Crippen LogP contribution in [-0.4, -0.2) is 42.3 Å². The highest BCUT2D eigenvalue weighted by Gasteiger charge is 2.31. The zero-order valence-corrected chi connectivity index (χ0v) is 13.2. The van der Waals surface area contributed by atoms with Gasteiger partial charge in [0.15, 0.2) is 0 Å². The number of rotatable bonds is 5. The fraction of sp³-hybridized carbons (Fsp3) is 0.933. The maximum absolute atomic E-state index is 12.1. The average molecular weight is 270 g/mol. The molecule has 1 aliphatic rings. The Morgan fingerprint density at radius 3 is 2.68 bits per heavy atom. The van der Waals surface area contributed by atoms with Gasteiger partial charge in [0.1, 0.15) is 5.60 Å². The largest absolute Gasteiger partial charge is 0.444 e. The van der Waals surface area contributed by atoms with Crippen molar-refractivity contribution in [2.45, 2.75) is 65.5 Å². The number of hydrogen-bond donors (Lipinski definition) is 1. The Morgan fingerprint density at radius 1 is 1.42 bits per heavy atom. The summed E-state index contributed by atoms with van der Waals surface area (Å²) < 4.78 is 5.46. The van der Waals surface area contributed by atoms with Crippen LogP contribution in [0.1, 0.15) is 53.9 Å². The Kier molecular flexibility index (Phi) is 6.11. The maximum Gasteiger partial charge on any atom is 0.410 e. The SMILES string of the molecule is CC(C)CCNCC1CCCN1C(=O)OC(C)(C)C. The smallest absolute Gasteiger partial charge is 0.410 e. The van der Waals surface area contributed by atoms with E-state index in [4.69, 9.17) is 4.74 Å². The van der Waals surface area contributed by atoms with E-state index in [0.29, 0.717) is 6.04 Å². The molecule has 1 heterocycles. The van der Waals surface area contributed by atoms with Crippen LogP contribution >= 0.6 is 0 Å². The summed E-state index contributed by atoms with van der Waals surface area (Å²) in [6.07, 6.45) is 3.17. The van der Waals surface area contributed by atoms with Crippen molar-refractivity contribution in [3.8, 4) is 0 Å². The van der Waals surface area contributed by atoms with Crippen molar-refractivity contribution in [1.82, 2.24) is 10.2 Å². The van der Waals surface area contributed by atoms with Gasteiger partial charge in [-0.15, -0.1) is 0 Å². The van der Waals surface area contributed by atoms with Gasteiger partial charge in [0, 0.05) is 19.1 Å². The number of likely N-dealkylation sites (tertiary alicyclic amines) is 1. The van der Waals surface area contributed by atoms with E-state index in [-0.39, 0.29) is 6.09 Å². The maximum atomic E-state index is 12.1. The van der Waals surface area contributed by atoms with Crippen LogP contribution in [0.5, 0.6) is 0 Å². The third kappa shape index (κ3) is 6.28. The zero-order valence-electron chi connectivity index (χ0n) is 13.2. The molecule has 1 aliphatic heterocycles. The molecule has 1 unspecified atom stereocenters. The molecule has 19 heavy (non-hydrogen) atoms. The first-order valence-corrected chi connectivity index (χ1v) is 7.50. The second-order valence-electron chi connectivity index (χ2n) is 6.86. The van der Waals surface area contributed by atoms with Gasteiger partial charge >= 0.3 is 6.09 Å². The summed E-state index contributed by atoms with van der Waals surface area (Å²) in [5, 5.41) is 3.46. The molecule has 1 atom stereocenters. The van der Waals surface area contributed by atoms with Gasteiger partial charge in [-0.3, -0.25) is 0 Å². The van der Waals surface area contributed by atoms with Crippen LogP contribution in [-0.2, 0) is 4.74 Å². The second kappa shape index (κ2) is 7.13. The van der Waals surface area contributed by atoms with E-state index < -0.39 is 5.60 Å². The van der Waals surface area contributed by atoms with Crippen molar-refractivity contribution in [1.29, 1.82) is 0 Å². The van der Waals surface area contributed by atoms with E-state index in [1.165, 1.54) is 6.42 Å². The first kappa shape index (κ1) is 16.3. The highest BCUT2D eigenvalue weighted by Crippen LogP contribution is 2.20. The predicted molar refractivity (Wildman–Crippen MR) is 78.3 cm³/mol. The van der Waals surface area contributed by atoms with Gasteiger partial charge in [0.25, 0.3) is 0 Å². The molecule has 112 valence electrons. The zero-order chi connectivity index (χ0) is 14.5. The predicted octanol–water partition coefficient (Wildman–Crippen LogP) is 3.02. The van der Waals surface area contributed by atoms with Crippen LogP contribution in [0.2, 0.25) is 0 Å². The molecule has 1 N–H and O–H groups in total. The summed E-state index contributed by atoms with van der Waals surface area (Å²) in [5.74, 6) is 0.720. The van der Waals surface area contributed by atoms with Crippen molar-refractivity contribution in [3.05, 3.63) is 0 Å². The summed E-state index contributed by atoms with van der Waals surface area (Å²) in [5.41, 5.74) is -0.407. The van der Waals surface area contributed by atoms with Crippen LogP contribution in [0.3, 0.4) is 0 Å². The molecule has 0 radical (unpaired) electrons. The Morgan fingerprint density at radius 2 is 2.11 bits per heavy atom. The van der Waals surface area contributed by atoms with Gasteiger partial charge in [0.05, 0.1) is 0 Å². The fourth-order valence-corrected chi connectivity index (χ4v) is 2.27. The van der Waals surface area contributed by atoms with Crippen molar-refractivity contribution < 1.29 is 9.53 Å². The van der Waals surface area contributed by atoms with Crippen LogP contribution in [0.4, 0.5) is 4.79 Å². The lowest BCUT2D eigenvalue weighted by molar-refractivity contribution is 0.0226. The van der Waals surface area contributed by atoms with Gasteiger partial charge < -0.3 is 15.0 Å². The quantitative estimate of drug-likeness (QED) is 0.781. The lowest BCUT2D eigenvalue weighted by Crippen LogP contribution is -2.44. The molecule has 0 aromatic rings. The van der Waals surface area contributed by atoms with Crippen LogP contribution in [0, 0.1) is 5.92 Å². The molecule has 0 saturated carbocycles. The first-order chi connectivity index (χ1) is 8.79. The molecule has 4 heteroatoms. The number of ether oxygens (including phenoxy) is 1. The summed E-state index contributed by atoms with van der Waals surface area (Å²) in [7, 11) is 0. The van der Waals surface area contributed by atoms with E-state index >= 15 is 0 Å². The second-order valence-corrected chi connectivity index (χ2v) is 6.86. The van der Waals surface area contributed by atoms with Crippen molar-refractivity contribution in [2.75, 3.05) is 19.6 Å². The Hall–Kier alpha value is -0.770. The van der Waals surface area contributed by atoms with Gasteiger partial charge in [-0.25, -0.2) is 4.79 Å². The van der Waals surface area contributed by atoms with Gasteiger partial charge in [-0.1, -0.05) is 13.8 Å². The highest BCUT2D eigenvalue weighted by atomic mass is 16.6. The molecule has 0 spiro atoms. The van der Waals surface area contributed by atoms with E-state index in [9.17, 15) is 4.79 Å². The minimum Gasteiger partial charge on any atom is -0.444 e. The molecule has 0 aromatic heterocycles. The van der Waals surface area contributed by atoms with Gasteiger partial charge in [0.2, 0.25) is 0 Å². The molecular formula is C15H30N2O2. The summed E-state index contributed by atoms with van der Waals surface area (Å²) in [6.45, 7) is 12.9. The Labute approximate surface area is 117 Å². The van der Waals surface area contributed by atoms with E-state index in [1.54, 1.807) is 0 Å². The monoisotopic (exact) mass is 270 g/mol. The van der Waals surface area contributed by atoms with Gasteiger partial charge in [-0.2, -0.15) is 0 Å². The highest BCUT2D eigenvalue weighted by molar-refractivity contribution is 5.69. The molecule has 0 bridgehead atoms. The molecule has 1 fully saturated rings. The third-order valence-electron chi connectivity index (χ3n) is 3.28. The van der Waals surface area contributed by atoms with Crippen molar-refractivity contribution >= 4 is 6.09 Å². The van der Waals surface area contributed by atoms with Gasteiger partial charge in [-0.05, 0) is 52.5 Å². The van der Waals surface area contributed by atoms with E-state index in [1.807, 2.05) is 25.7 Å². The topological polar surface area (TPSA) is 41.6 Å². The summed E-state index contributed by atoms with van der Waals surface area (Å²) >= 11 is 0. The number of nitrogens with zero attached hydrogens (tertiary/aromatic N) is 1. The number of amides is 1. The molecule has 0 aromatic carbocycles. The standard InChI is InChI=1S/C15H30N2O2/c1-12(2)8-9-16-11-13-7-6-10-17(13)14(18)19-15(3,4)5/h12-13,16H,6-11H2,1-5H3. The first-order valence-electron chi connectivity index (χ1n) is 7.50. The lowest BCUT2D eigenvalue weighted by atomic mass is 10.1. The number of nitrogens with one attached hydrogen (secondary N) is 1. The lowest BCUT2D eigenvalue weighted by Gasteiger charge is -2.28. The van der Waals surface area contributed by atoms with E-state index in [2.05, 4.69) is 19.2 Å². The molecule has 4 nitrogen and oxygen atoms in total. The summed E-state index contributed by atoms with van der Waals surface area (Å²) in [4.78, 5) is 14.0. The Balaban J connectivity index is 2.35. The van der Waals surface area contributed by atoms with Crippen molar-refractivity contribution in [3.63, 3.8) is 0 Å². The minimum atomic E-state index is -0.407. The third-order valence-corrected chi connectivity index (χ3v) is 3.28. The van der Waals surface area contributed by atoms with Crippen LogP contribution in [0.15, 0.2) is 0 Å². The Bertz CT molecular complexity index is 284. The van der Waals surface area contributed by atoms with Crippen LogP contribution < -0.4 is 5.32 Å². The van der Waals surface area contributed by atoms with Crippen molar-refractivity contribution in [2.24, 2.45) is 5.92 Å². The van der Waals surface area contributed by atoms with E-state index in [0.717, 1.165) is 38.4 Å². The number of carbonyl (C=O) groups excluding carboxylic acids is 1.